The molecule has 0 aliphatic carbocycles. The number of carbonyl (C=O) groups is 1. The van der Waals surface area contributed by atoms with Gasteiger partial charge in [0.15, 0.2) is 5.13 Å². The lowest BCUT2D eigenvalue weighted by atomic mass is 10.1. The quantitative estimate of drug-likeness (QED) is 0.474. The Morgan fingerprint density at radius 2 is 1.97 bits per heavy atom. The molecule has 0 N–H and O–H groups in total. The first-order valence-electron chi connectivity index (χ1n) is 10.2. The van der Waals surface area contributed by atoms with Crippen molar-refractivity contribution in [3.05, 3.63) is 70.7 Å². The zero-order valence-electron chi connectivity index (χ0n) is 18.1. The largest absolute Gasteiger partial charge is 0.492 e. The number of aromatic nitrogens is 1. The van der Waals surface area contributed by atoms with E-state index in [0.717, 1.165) is 35.7 Å². The zero-order chi connectivity index (χ0) is 21.5. The minimum atomic E-state index is -0.0308. The first-order chi connectivity index (χ1) is 14.5. The summed E-state index contributed by atoms with van der Waals surface area (Å²) in [5.74, 6) is 0.864. The highest BCUT2D eigenvalue weighted by molar-refractivity contribution is 7.14. The van der Waals surface area contributed by atoms with Crippen LogP contribution in [0.3, 0.4) is 0 Å². The van der Waals surface area contributed by atoms with Gasteiger partial charge in [-0.2, -0.15) is 0 Å². The van der Waals surface area contributed by atoms with Crippen LogP contribution in [0, 0.1) is 6.92 Å². The van der Waals surface area contributed by atoms with Crippen LogP contribution in [0.5, 0.6) is 5.75 Å². The topological polar surface area (TPSA) is 45.7 Å². The Labute approximate surface area is 182 Å². The van der Waals surface area contributed by atoms with Crippen LogP contribution in [0.2, 0.25) is 0 Å². The fraction of sp³-hybridized carbons (Fsp3) is 0.333. The van der Waals surface area contributed by atoms with Gasteiger partial charge in [0.2, 0.25) is 5.91 Å². The predicted octanol–water partition coefficient (Wildman–Crippen LogP) is 5.21. The second-order valence-electron chi connectivity index (χ2n) is 7.36. The third-order valence-corrected chi connectivity index (χ3v) is 5.70. The van der Waals surface area contributed by atoms with Crippen molar-refractivity contribution >= 4 is 28.1 Å². The Hall–Kier alpha value is -2.70. The first kappa shape index (κ1) is 22.0. The van der Waals surface area contributed by atoms with Gasteiger partial charge in [-0.15, -0.1) is 11.3 Å². The van der Waals surface area contributed by atoms with Crippen LogP contribution in [-0.4, -0.2) is 36.0 Å². The fourth-order valence-electron chi connectivity index (χ4n) is 3.29. The summed E-state index contributed by atoms with van der Waals surface area (Å²) in [6, 6.07) is 16.1. The summed E-state index contributed by atoms with van der Waals surface area (Å²) in [6.07, 6.45) is 0.863. The molecule has 30 heavy (non-hydrogen) atoms. The summed E-state index contributed by atoms with van der Waals surface area (Å²) in [5.41, 5.74) is 4.19. The molecule has 3 rings (SSSR count). The van der Waals surface area contributed by atoms with E-state index in [1.807, 2.05) is 48.8 Å². The summed E-state index contributed by atoms with van der Waals surface area (Å²) < 4.78 is 5.84. The lowest BCUT2D eigenvalue weighted by molar-refractivity contribution is -0.115. The van der Waals surface area contributed by atoms with E-state index >= 15 is 0 Å². The highest BCUT2D eigenvalue weighted by atomic mass is 32.1. The summed E-state index contributed by atoms with van der Waals surface area (Å²) in [7, 11) is 2.05. The number of hydrogen-bond acceptors (Lipinski definition) is 5. The molecule has 6 heteroatoms. The second-order valence-corrected chi connectivity index (χ2v) is 8.20. The van der Waals surface area contributed by atoms with Crippen molar-refractivity contribution in [3.63, 3.8) is 0 Å². The molecule has 0 saturated carbocycles. The maximum Gasteiger partial charge on any atom is 0.230 e. The summed E-state index contributed by atoms with van der Waals surface area (Å²) >= 11 is 1.50. The van der Waals surface area contributed by atoms with Crippen LogP contribution >= 0.6 is 11.3 Å². The lowest BCUT2D eigenvalue weighted by Gasteiger charge is -2.21. The molecule has 0 unspecified atom stereocenters. The van der Waals surface area contributed by atoms with Crippen molar-refractivity contribution in [1.82, 2.24) is 9.88 Å². The number of hydrogen-bond donors (Lipinski definition) is 0. The van der Waals surface area contributed by atoms with Crippen molar-refractivity contribution in [2.75, 3.05) is 25.1 Å². The molecule has 5 nitrogen and oxygen atoms in total. The molecule has 0 aliphatic heterocycles. The Morgan fingerprint density at radius 3 is 2.70 bits per heavy atom. The van der Waals surface area contributed by atoms with Gasteiger partial charge in [0.25, 0.3) is 0 Å². The third-order valence-electron chi connectivity index (χ3n) is 4.82. The molecule has 0 saturated heterocycles. The molecule has 0 spiro atoms. The van der Waals surface area contributed by atoms with Crippen LogP contribution < -0.4 is 9.64 Å². The Balaban J connectivity index is 1.62. The maximum atomic E-state index is 12.4. The molecule has 0 bridgehead atoms. The Kier molecular flexibility index (Phi) is 7.60. The van der Waals surface area contributed by atoms with Gasteiger partial charge in [0, 0.05) is 25.4 Å². The van der Waals surface area contributed by atoms with Crippen LogP contribution in [0.25, 0.3) is 0 Å². The minimum Gasteiger partial charge on any atom is -0.492 e. The molecule has 3 aromatic rings. The molecule has 0 radical (unpaired) electrons. The van der Waals surface area contributed by atoms with Gasteiger partial charge in [-0.3, -0.25) is 14.6 Å². The highest BCUT2D eigenvalue weighted by Gasteiger charge is 2.20. The average molecular weight is 424 g/mol. The van der Waals surface area contributed by atoms with E-state index in [0.29, 0.717) is 18.3 Å². The van der Waals surface area contributed by atoms with Gasteiger partial charge < -0.3 is 4.74 Å². The van der Waals surface area contributed by atoms with Crippen molar-refractivity contribution in [2.45, 2.75) is 33.7 Å². The van der Waals surface area contributed by atoms with E-state index in [4.69, 9.17) is 9.72 Å². The Morgan fingerprint density at radius 1 is 1.17 bits per heavy atom. The number of rotatable bonds is 9. The van der Waals surface area contributed by atoms with Crippen LogP contribution in [0.1, 0.15) is 30.7 Å². The van der Waals surface area contributed by atoms with E-state index in [-0.39, 0.29) is 5.91 Å². The van der Waals surface area contributed by atoms with Gasteiger partial charge in [0.1, 0.15) is 12.4 Å². The molecular weight excluding hydrogens is 394 g/mol. The maximum absolute atomic E-state index is 12.4. The SMILES string of the molecule is CCc1ccccc1N(C(C)=O)c1nc(CN(C)CCOc2cccc(C)c2)cs1. The van der Waals surface area contributed by atoms with E-state index in [9.17, 15) is 4.79 Å². The van der Waals surface area contributed by atoms with Gasteiger partial charge in [0.05, 0.1) is 11.4 Å². The number of thiazole rings is 1. The molecule has 0 atom stereocenters. The molecule has 0 aliphatic rings. The van der Waals surface area contributed by atoms with Crippen molar-refractivity contribution < 1.29 is 9.53 Å². The van der Waals surface area contributed by atoms with E-state index < -0.39 is 0 Å². The van der Waals surface area contributed by atoms with E-state index in [2.05, 4.69) is 30.9 Å². The average Bonchev–Trinajstić information content (AvgIpc) is 3.16. The number of ether oxygens (including phenoxy) is 1. The number of aryl methyl sites for hydroxylation is 2. The number of benzene rings is 2. The summed E-state index contributed by atoms with van der Waals surface area (Å²) in [4.78, 5) is 21.0. The normalized spacial score (nSPS) is 11.0. The van der Waals surface area contributed by atoms with Crippen molar-refractivity contribution in [3.8, 4) is 5.75 Å². The smallest absolute Gasteiger partial charge is 0.230 e. The minimum absolute atomic E-state index is 0.0308. The second kappa shape index (κ2) is 10.4. The van der Waals surface area contributed by atoms with Crippen LogP contribution in [-0.2, 0) is 17.8 Å². The number of anilines is 2. The van der Waals surface area contributed by atoms with Crippen molar-refractivity contribution in [1.29, 1.82) is 0 Å². The number of nitrogens with zero attached hydrogens (tertiary/aromatic N) is 3. The van der Waals surface area contributed by atoms with E-state index in [1.165, 1.54) is 16.9 Å². The fourth-order valence-corrected chi connectivity index (χ4v) is 4.16. The molecule has 158 valence electrons. The predicted molar refractivity (Wildman–Crippen MR) is 124 cm³/mol. The highest BCUT2D eigenvalue weighted by Crippen LogP contribution is 2.32. The van der Waals surface area contributed by atoms with Crippen LogP contribution in [0.4, 0.5) is 10.8 Å². The number of likely N-dealkylation sites (N-methyl/N-ethyl adjacent to an activating group) is 1. The van der Waals surface area contributed by atoms with Gasteiger partial charge in [-0.25, -0.2) is 4.98 Å². The number of para-hydroxylation sites is 1. The third kappa shape index (κ3) is 5.68. The van der Waals surface area contributed by atoms with E-state index in [1.54, 1.807) is 11.8 Å². The van der Waals surface area contributed by atoms with Crippen molar-refractivity contribution in [2.24, 2.45) is 0 Å². The Bertz CT molecular complexity index is 986. The molecule has 1 heterocycles. The van der Waals surface area contributed by atoms with Crippen LogP contribution in [0.15, 0.2) is 53.9 Å². The first-order valence-corrected chi connectivity index (χ1v) is 11.1. The van der Waals surface area contributed by atoms with Gasteiger partial charge in [-0.1, -0.05) is 37.3 Å². The standard InChI is InChI=1S/C24H29N3O2S/c1-5-20-10-6-7-12-23(20)27(19(3)28)24-25-21(17-30-24)16-26(4)13-14-29-22-11-8-9-18(2)15-22/h6-12,15,17H,5,13-14,16H2,1-4H3. The molecular formula is C24H29N3O2S. The number of carbonyl (C=O) groups excluding carboxylic acids is 1. The molecule has 1 amide bonds. The molecule has 0 fully saturated rings. The molecule has 2 aromatic carbocycles. The van der Waals surface area contributed by atoms with Gasteiger partial charge >= 0.3 is 0 Å². The summed E-state index contributed by atoms with van der Waals surface area (Å²) in [5, 5.41) is 2.74. The lowest BCUT2D eigenvalue weighted by Crippen LogP contribution is -2.25. The number of amides is 1. The summed E-state index contributed by atoms with van der Waals surface area (Å²) in [6.45, 7) is 7.84. The monoisotopic (exact) mass is 423 g/mol. The molecule has 1 aromatic heterocycles. The zero-order valence-corrected chi connectivity index (χ0v) is 18.9. The van der Waals surface area contributed by atoms with Gasteiger partial charge in [-0.05, 0) is 49.7 Å².